The van der Waals surface area contributed by atoms with Gasteiger partial charge in [0.05, 0.1) is 4.92 Å². The summed E-state index contributed by atoms with van der Waals surface area (Å²) in [5.41, 5.74) is -3.58. The molecule has 1 rings (SSSR count). The predicted octanol–water partition coefficient (Wildman–Crippen LogP) is 2.94. The molecule has 1 aromatic carbocycles. The van der Waals surface area contributed by atoms with Crippen molar-refractivity contribution in [1.82, 2.24) is 5.32 Å². The largest absolute Gasteiger partial charge is 0.441 e. The van der Waals surface area contributed by atoms with E-state index in [1.165, 1.54) is 12.1 Å². The Labute approximate surface area is 106 Å². The molecule has 8 heteroatoms. The van der Waals surface area contributed by atoms with Crippen LogP contribution >= 0.6 is 11.8 Å². The molecule has 0 saturated heterocycles. The van der Waals surface area contributed by atoms with Crippen LogP contribution in [0.4, 0.5) is 18.9 Å². The topological polar surface area (TPSA) is 55.2 Å². The Hall–Kier alpha value is -1.28. The van der Waals surface area contributed by atoms with Crippen molar-refractivity contribution in [1.29, 1.82) is 0 Å². The molecule has 0 fully saturated rings. The summed E-state index contributed by atoms with van der Waals surface area (Å²) in [6.45, 7) is 0.493. The average molecular weight is 280 g/mol. The Kier molecular flexibility index (Phi) is 5.42. The SMILES string of the molecule is O=[N+]([O-])c1cccc(CNCCSC(F)(F)F)c1. The van der Waals surface area contributed by atoms with Crippen LogP contribution < -0.4 is 5.32 Å². The first-order valence-electron chi connectivity index (χ1n) is 5.03. The summed E-state index contributed by atoms with van der Waals surface area (Å²) in [4.78, 5) is 9.99. The average Bonchev–Trinajstić information content (AvgIpc) is 2.27. The third-order valence-corrected chi connectivity index (χ3v) is 2.73. The van der Waals surface area contributed by atoms with Gasteiger partial charge in [-0.05, 0) is 17.3 Å². The van der Waals surface area contributed by atoms with Crippen molar-refractivity contribution in [3.8, 4) is 0 Å². The van der Waals surface area contributed by atoms with Crippen LogP contribution in [0.1, 0.15) is 5.56 Å². The number of non-ortho nitro benzene ring substituents is 1. The minimum atomic E-state index is -4.22. The monoisotopic (exact) mass is 280 g/mol. The van der Waals surface area contributed by atoms with Gasteiger partial charge in [-0.2, -0.15) is 13.2 Å². The van der Waals surface area contributed by atoms with Gasteiger partial charge < -0.3 is 5.32 Å². The fraction of sp³-hybridized carbons (Fsp3) is 0.400. The molecule has 0 heterocycles. The van der Waals surface area contributed by atoms with Crippen molar-refractivity contribution >= 4 is 17.4 Å². The quantitative estimate of drug-likeness (QED) is 0.494. The molecule has 1 N–H and O–H groups in total. The van der Waals surface area contributed by atoms with Gasteiger partial charge in [0.15, 0.2) is 0 Å². The minimum absolute atomic E-state index is 0.0287. The molecule has 18 heavy (non-hydrogen) atoms. The van der Waals surface area contributed by atoms with Crippen LogP contribution in [0.25, 0.3) is 0 Å². The number of halogens is 3. The molecule has 100 valence electrons. The summed E-state index contributed by atoms with van der Waals surface area (Å²) in [5.74, 6) is -0.0849. The Bertz CT molecular complexity index is 412. The van der Waals surface area contributed by atoms with E-state index < -0.39 is 10.4 Å². The maximum atomic E-state index is 11.8. The number of hydrogen-bond acceptors (Lipinski definition) is 4. The number of benzene rings is 1. The zero-order chi connectivity index (χ0) is 13.6. The van der Waals surface area contributed by atoms with Crippen LogP contribution in [0.2, 0.25) is 0 Å². The molecule has 0 saturated carbocycles. The molecule has 0 aliphatic rings. The summed E-state index contributed by atoms with van der Waals surface area (Å²) >= 11 is -0.0940. The van der Waals surface area contributed by atoms with E-state index in [2.05, 4.69) is 5.32 Å². The number of nitrogens with one attached hydrogen (secondary N) is 1. The molecule has 4 nitrogen and oxygen atoms in total. The predicted molar refractivity (Wildman–Crippen MR) is 63.3 cm³/mol. The van der Waals surface area contributed by atoms with Gasteiger partial charge in [-0.3, -0.25) is 10.1 Å². The van der Waals surface area contributed by atoms with Crippen molar-refractivity contribution in [2.45, 2.75) is 12.1 Å². The highest BCUT2D eigenvalue weighted by molar-refractivity contribution is 8.00. The summed E-state index contributed by atoms with van der Waals surface area (Å²) in [5, 5.41) is 13.3. The summed E-state index contributed by atoms with van der Waals surface area (Å²) in [7, 11) is 0. The minimum Gasteiger partial charge on any atom is -0.312 e. The molecule has 0 atom stereocenters. The Morgan fingerprint density at radius 3 is 2.72 bits per heavy atom. The van der Waals surface area contributed by atoms with Gasteiger partial charge >= 0.3 is 5.51 Å². The number of nitro groups is 1. The van der Waals surface area contributed by atoms with Crippen molar-refractivity contribution in [3.05, 3.63) is 39.9 Å². The van der Waals surface area contributed by atoms with Crippen LogP contribution in [-0.4, -0.2) is 22.7 Å². The van der Waals surface area contributed by atoms with E-state index >= 15 is 0 Å². The van der Waals surface area contributed by atoms with Crippen LogP contribution in [0.5, 0.6) is 0 Å². The third kappa shape index (κ3) is 5.87. The van der Waals surface area contributed by atoms with Gasteiger partial charge in [-0.25, -0.2) is 0 Å². The second-order valence-corrected chi connectivity index (χ2v) is 4.56. The highest BCUT2D eigenvalue weighted by atomic mass is 32.2. The van der Waals surface area contributed by atoms with Gasteiger partial charge in [0.25, 0.3) is 5.69 Å². The number of rotatable bonds is 6. The maximum Gasteiger partial charge on any atom is 0.441 e. The molecule has 0 spiro atoms. The summed E-state index contributed by atoms with van der Waals surface area (Å²) in [6, 6.07) is 5.98. The van der Waals surface area contributed by atoms with Gasteiger partial charge in [0.2, 0.25) is 0 Å². The number of nitro benzene ring substituents is 1. The van der Waals surface area contributed by atoms with Crippen LogP contribution in [0.15, 0.2) is 24.3 Å². The summed E-state index contributed by atoms with van der Waals surface area (Å²) < 4.78 is 35.4. The second kappa shape index (κ2) is 6.60. The van der Waals surface area contributed by atoms with Crippen molar-refractivity contribution in [2.24, 2.45) is 0 Å². The second-order valence-electron chi connectivity index (χ2n) is 3.40. The Morgan fingerprint density at radius 2 is 2.11 bits per heavy atom. The highest BCUT2D eigenvalue weighted by Crippen LogP contribution is 2.29. The van der Waals surface area contributed by atoms with E-state index in [1.807, 2.05) is 0 Å². The summed E-state index contributed by atoms with van der Waals surface area (Å²) in [6.07, 6.45) is 0. The molecule has 1 aromatic rings. The van der Waals surface area contributed by atoms with Gasteiger partial charge in [0, 0.05) is 31.0 Å². The van der Waals surface area contributed by atoms with Crippen molar-refractivity contribution in [3.63, 3.8) is 0 Å². The molecule has 0 aliphatic heterocycles. The van der Waals surface area contributed by atoms with E-state index in [4.69, 9.17) is 0 Å². The molecule has 0 amide bonds. The van der Waals surface area contributed by atoms with Crippen LogP contribution in [0.3, 0.4) is 0 Å². The number of thioether (sulfide) groups is 1. The maximum absolute atomic E-state index is 11.8. The van der Waals surface area contributed by atoms with Gasteiger partial charge in [0.1, 0.15) is 0 Å². The van der Waals surface area contributed by atoms with Crippen molar-refractivity contribution in [2.75, 3.05) is 12.3 Å². The number of hydrogen-bond donors (Lipinski definition) is 1. The fourth-order valence-electron chi connectivity index (χ4n) is 1.25. The lowest BCUT2D eigenvalue weighted by Crippen LogP contribution is -2.18. The standard InChI is InChI=1S/C10H11F3N2O2S/c11-10(12,13)18-5-4-14-7-8-2-1-3-9(6-8)15(16)17/h1-3,6,14H,4-5,7H2. The zero-order valence-corrected chi connectivity index (χ0v) is 10.1. The van der Waals surface area contributed by atoms with Gasteiger partial charge in [-0.1, -0.05) is 12.1 Å². The Morgan fingerprint density at radius 1 is 1.39 bits per heavy atom. The first-order valence-corrected chi connectivity index (χ1v) is 6.02. The smallest absolute Gasteiger partial charge is 0.312 e. The molecule has 0 aromatic heterocycles. The van der Waals surface area contributed by atoms with Crippen LogP contribution in [0, 0.1) is 10.1 Å². The lowest BCUT2D eigenvalue weighted by atomic mass is 10.2. The molecular formula is C10H11F3N2O2S. The van der Waals surface area contributed by atoms with Crippen molar-refractivity contribution < 1.29 is 18.1 Å². The zero-order valence-electron chi connectivity index (χ0n) is 9.24. The van der Waals surface area contributed by atoms with Crippen LogP contribution in [-0.2, 0) is 6.54 Å². The Balaban J connectivity index is 2.31. The molecular weight excluding hydrogens is 269 g/mol. The lowest BCUT2D eigenvalue weighted by molar-refractivity contribution is -0.384. The first-order chi connectivity index (χ1) is 8.38. The van der Waals surface area contributed by atoms with Gasteiger partial charge in [-0.15, -0.1) is 0 Å². The molecule has 0 radical (unpaired) electrons. The van der Waals surface area contributed by atoms with E-state index in [9.17, 15) is 23.3 Å². The van der Waals surface area contributed by atoms with E-state index in [1.54, 1.807) is 12.1 Å². The third-order valence-electron chi connectivity index (χ3n) is 2.00. The van der Waals surface area contributed by atoms with E-state index in [0.29, 0.717) is 12.1 Å². The lowest BCUT2D eigenvalue weighted by Gasteiger charge is -2.06. The normalized spacial score (nSPS) is 11.5. The number of nitrogens with zero attached hydrogens (tertiary/aromatic N) is 1. The van der Waals surface area contributed by atoms with E-state index in [0.717, 1.165) is 0 Å². The van der Waals surface area contributed by atoms with E-state index in [-0.39, 0.29) is 29.7 Å². The number of alkyl halides is 3. The molecule has 0 unspecified atom stereocenters. The fourth-order valence-corrected chi connectivity index (χ4v) is 1.73. The molecule has 0 bridgehead atoms. The molecule has 0 aliphatic carbocycles. The highest BCUT2D eigenvalue weighted by Gasteiger charge is 2.27. The first kappa shape index (κ1) is 14.8.